The van der Waals surface area contributed by atoms with Gasteiger partial charge < -0.3 is 9.88 Å². The van der Waals surface area contributed by atoms with Crippen molar-refractivity contribution in [3.05, 3.63) is 59.6 Å². The Morgan fingerprint density at radius 3 is 2.69 bits per heavy atom. The fourth-order valence-corrected chi connectivity index (χ4v) is 2.49. The molecule has 4 aromatic heterocycles. The molecule has 0 radical (unpaired) electrons. The van der Waals surface area contributed by atoms with Crippen molar-refractivity contribution in [2.75, 3.05) is 5.32 Å². The summed E-state index contributed by atoms with van der Waals surface area (Å²) in [5.41, 5.74) is 1.45. The Morgan fingerprint density at radius 1 is 1.12 bits per heavy atom. The Morgan fingerprint density at radius 2 is 1.96 bits per heavy atom. The molecular formula is C16H12F3N7. The van der Waals surface area contributed by atoms with Crippen LogP contribution in [0.3, 0.4) is 0 Å². The van der Waals surface area contributed by atoms with Crippen molar-refractivity contribution in [1.29, 1.82) is 0 Å². The second-order valence-corrected chi connectivity index (χ2v) is 5.68. The fraction of sp³-hybridized carbons (Fsp3) is 0.125. The highest BCUT2D eigenvalue weighted by Gasteiger charge is 2.14. The Bertz CT molecular complexity index is 1100. The lowest BCUT2D eigenvalue weighted by atomic mass is 10.3. The van der Waals surface area contributed by atoms with E-state index in [9.17, 15) is 13.2 Å². The van der Waals surface area contributed by atoms with Crippen LogP contribution in [0.15, 0.2) is 30.7 Å². The average molecular weight is 359 g/mol. The molecule has 0 aromatic carbocycles. The van der Waals surface area contributed by atoms with Gasteiger partial charge in [-0.3, -0.25) is 10.1 Å². The summed E-state index contributed by atoms with van der Waals surface area (Å²) >= 11 is 0. The number of fused-ring (bicyclic) bond motifs is 1. The van der Waals surface area contributed by atoms with E-state index in [1.54, 1.807) is 6.07 Å². The van der Waals surface area contributed by atoms with Gasteiger partial charge in [-0.15, -0.1) is 0 Å². The normalized spacial score (nSPS) is 11.2. The summed E-state index contributed by atoms with van der Waals surface area (Å²) in [6, 6.07) is 3.66. The maximum absolute atomic E-state index is 14.2. The maximum Gasteiger partial charge on any atom is 0.170 e. The number of imidazole rings is 1. The first kappa shape index (κ1) is 16.1. The molecular weight excluding hydrogens is 347 g/mol. The number of H-pyrrole nitrogens is 1. The number of nitrogens with zero attached hydrogens (tertiary/aromatic N) is 5. The van der Waals surface area contributed by atoms with E-state index in [1.165, 1.54) is 17.0 Å². The SMILES string of the molecule is Cc1cc(Nc2nc3c(cc2F)ncn3Cc2ncc(F)cc2F)n[nH]1. The van der Waals surface area contributed by atoms with Crippen molar-refractivity contribution in [3.63, 3.8) is 0 Å². The molecule has 0 aliphatic rings. The van der Waals surface area contributed by atoms with Crippen molar-refractivity contribution < 1.29 is 13.2 Å². The molecule has 0 bridgehead atoms. The summed E-state index contributed by atoms with van der Waals surface area (Å²) in [5.74, 6) is -1.78. The van der Waals surface area contributed by atoms with Crippen LogP contribution in [-0.2, 0) is 6.54 Å². The third-order valence-electron chi connectivity index (χ3n) is 3.70. The highest BCUT2D eigenvalue weighted by atomic mass is 19.1. The van der Waals surface area contributed by atoms with Crippen LogP contribution in [0.5, 0.6) is 0 Å². The topological polar surface area (TPSA) is 84.3 Å². The van der Waals surface area contributed by atoms with E-state index < -0.39 is 17.5 Å². The van der Waals surface area contributed by atoms with Gasteiger partial charge in [0.25, 0.3) is 0 Å². The molecule has 0 spiro atoms. The zero-order valence-electron chi connectivity index (χ0n) is 13.5. The van der Waals surface area contributed by atoms with E-state index in [0.717, 1.165) is 18.0 Å². The minimum Gasteiger partial charge on any atom is -0.321 e. The molecule has 0 atom stereocenters. The lowest BCUT2D eigenvalue weighted by Gasteiger charge is -2.07. The number of halogens is 3. The van der Waals surface area contributed by atoms with Gasteiger partial charge in [0.15, 0.2) is 23.1 Å². The highest BCUT2D eigenvalue weighted by Crippen LogP contribution is 2.22. The number of rotatable bonds is 4. The number of aromatic nitrogens is 6. The van der Waals surface area contributed by atoms with Crippen molar-refractivity contribution in [2.24, 2.45) is 0 Å². The summed E-state index contributed by atoms with van der Waals surface area (Å²) in [6.07, 6.45) is 2.32. The van der Waals surface area contributed by atoms with Gasteiger partial charge in [0.2, 0.25) is 0 Å². The zero-order chi connectivity index (χ0) is 18.3. The van der Waals surface area contributed by atoms with E-state index in [0.29, 0.717) is 17.0 Å². The number of nitrogens with one attached hydrogen (secondary N) is 2. The molecule has 26 heavy (non-hydrogen) atoms. The number of aromatic amines is 1. The first-order valence-corrected chi connectivity index (χ1v) is 7.60. The molecule has 0 saturated carbocycles. The Hall–Kier alpha value is -3.43. The number of pyridine rings is 2. The first-order valence-electron chi connectivity index (χ1n) is 7.60. The van der Waals surface area contributed by atoms with Gasteiger partial charge in [-0.25, -0.2) is 23.1 Å². The first-order chi connectivity index (χ1) is 12.5. The van der Waals surface area contributed by atoms with Crippen LogP contribution < -0.4 is 5.32 Å². The molecule has 7 nitrogen and oxygen atoms in total. The number of anilines is 2. The molecule has 4 heterocycles. The molecule has 4 rings (SSSR count). The van der Waals surface area contributed by atoms with Crippen LogP contribution >= 0.6 is 0 Å². The van der Waals surface area contributed by atoms with Gasteiger partial charge in [-0.05, 0) is 6.92 Å². The van der Waals surface area contributed by atoms with Crippen molar-refractivity contribution >= 4 is 22.8 Å². The second kappa shape index (κ2) is 6.14. The van der Waals surface area contributed by atoms with Gasteiger partial charge in [0.1, 0.15) is 17.2 Å². The minimum atomic E-state index is -0.778. The maximum atomic E-state index is 14.2. The molecule has 0 aliphatic heterocycles. The molecule has 2 N–H and O–H groups in total. The van der Waals surface area contributed by atoms with Crippen molar-refractivity contribution in [2.45, 2.75) is 13.5 Å². The fourth-order valence-electron chi connectivity index (χ4n) is 2.49. The van der Waals surface area contributed by atoms with Crippen LogP contribution in [0.2, 0.25) is 0 Å². The monoisotopic (exact) mass is 359 g/mol. The van der Waals surface area contributed by atoms with E-state index in [1.807, 2.05) is 6.92 Å². The van der Waals surface area contributed by atoms with Crippen LogP contribution in [0, 0.1) is 24.4 Å². The van der Waals surface area contributed by atoms with Gasteiger partial charge in [-0.2, -0.15) is 5.10 Å². The molecule has 4 aromatic rings. The van der Waals surface area contributed by atoms with Crippen LogP contribution in [0.25, 0.3) is 11.2 Å². The van der Waals surface area contributed by atoms with Gasteiger partial charge in [-0.1, -0.05) is 0 Å². The van der Waals surface area contributed by atoms with Crippen LogP contribution in [-0.4, -0.2) is 29.7 Å². The summed E-state index contributed by atoms with van der Waals surface area (Å²) in [5, 5.41) is 9.48. The van der Waals surface area contributed by atoms with E-state index in [-0.39, 0.29) is 18.1 Å². The molecule has 0 saturated heterocycles. The second-order valence-electron chi connectivity index (χ2n) is 5.68. The predicted octanol–water partition coefficient (Wildman–Crippen LogP) is 3.07. The van der Waals surface area contributed by atoms with Crippen molar-refractivity contribution in [1.82, 2.24) is 29.7 Å². The van der Waals surface area contributed by atoms with E-state index >= 15 is 0 Å². The predicted molar refractivity (Wildman–Crippen MR) is 87.3 cm³/mol. The standard InChI is InChI=1S/C16H12F3N7/c1-8-2-14(25-24-8)22-15-11(19)4-12-16(23-15)26(7-21-12)6-13-10(18)3-9(17)5-20-13/h2-5,7H,6H2,1H3,(H2,22,23,24,25). The number of hydrogen-bond acceptors (Lipinski definition) is 5. The summed E-state index contributed by atoms with van der Waals surface area (Å²) in [4.78, 5) is 12.0. The lowest BCUT2D eigenvalue weighted by Crippen LogP contribution is -2.06. The van der Waals surface area contributed by atoms with Crippen LogP contribution in [0.1, 0.15) is 11.4 Å². The number of hydrogen-bond donors (Lipinski definition) is 2. The van der Waals surface area contributed by atoms with Crippen LogP contribution in [0.4, 0.5) is 24.8 Å². The third kappa shape index (κ3) is 2.96. The van der Waals surface area contributed by atoms with Gasteiger partial charge in [0, 0.05) is 23.9 Å². The Kier molecular flexibility index (Phi) is 3.79. The summed E-state index contributed by atoms with van der Waals surface area (Å²) in [7, 11) is 0. The highest BCUT2D eigenvalue weighted by molar-refractivity contribution is 5.74. The minimum absolute atomic E-state index is 0.0225. The molecule has 0 fully saturated rings. The van der Waals surface area contributed by atoms with Gasteiger partial charge in [0.05, 0.1) is 24.8 Å². The molecule has 0 aliphatic carbocycles. The van der Waals surface area contributed by atoms with E-state index in [2.05, 4.69) is 30.5 Å². The smallest absolute Gasteiger partial charge is 0.170 e. The largest absolute Gasteiger partial charge is 0.321 e. The summed E-state index contributed by atoms with van der Waals surface area (Å²) < 4.78 is 42.6. The zero-order valence-corrected chi connectivity index (χ0v) is 13.5. The quantitative estimate of drug-likeness (QED) is 0.585. The lowest BCUT2D eigenvalue weighted by molar-refractivity contribution is 0.551. The van der Waals surface area contributed by atoms with E-state index in [4.69, 9.17) is 0 Å². The van der Waals surface area contributed by atoms with Crippen molar-refractivity contribution in [3.8, 4) is 0 Å². The average Bonchev–Trinajstić information content (AvgIpc) is 3.17. The third-order valence-corrected chi connectivity index (χ3v) is 3.70. The van der Waals surface area contributed by atoms with Gasteiger partial charge >= 0.3 is 0 Å². The summed E-state index contributed by atoms with van der Waals surface area (Å²) in [6.45, 7) is 1.78. The molecule has 132 valence electrons. The molecule has 0 amide bonds. The number of aryl methyl sites for hydroxylation is 1. The molecule has 0 unspecified atom stereocenters. The Labute approximate surface area is 144 Å². The Balaban J connectivity index is 1.71. The molecule has 10 heteroatoms.